The highest BCUT2D eigenvalue weighted by atomic mass is 16.5. The third kappa shape index (κ3) is 3.38. The van der Waals surface area contributed by atoms with Crippen molar-refractivity contribution in [1.29, 1.82) is 0 Å². The molecule has 4 N–H and O–H groups in total. The highest BCUT2D eigenvalue weighted by Crippen LogP contribution is 2.26. The molecule has 0 bridgehead atoms. The van der Waals surface area contributed by atoms with Crippen LogP contribution >= 0.6 is 0 Å². The lowest BCUT2D eigenvalue weighted by molar-refractivity contribution is 0.0601. The van der Waals surface area contributed by atoms with Crippen molar-refractivity contribution in [2.24, 2.45) is 0 Å². The van der Waals surface area contributed by atoms with E-state index in [1.165, 1.54) is 7.11 Å². The van der Waals surface area contributed by atoms with Crippen LogP contribution in [0.2, 0.25) is 0 Å². The number of hydrogen-bond donors (Lipinski definition) is 3. The first kappa shape index (κ1) is 13.7. The van der Waals surface area contributed by atoms with Crippen molar-refractivity contribution in [2.75, 3.05) is 18.2 Å². The van der Waals surface area contributed by atoms with Crippen LogP contribution in [0.5, 0.6) is 0 Å². The standard InChI is InChI=1S/C14H20N2O3/c1-19-14(18)9-2-7-13(12(15)8-9)16-10-3-5-11(17)6-4-10/h2,7-8,10-11,16-17H,3-6,15H2,1H3/t10-,11+. The number of carbonyl (C=O) groups is 1. The molecule has 1 fully saturated rings. The number of carbonyl (C=O) groups excluding carboxylic acids is 1. The van der Waals surface area contributed by atoms with E-state index in [1.807, 2.05) is 0 Å². The van der Waals surface area contributed by atoms with E-state index in [-0.39, 0.29) is 12.1 Å². The number of nitrogens with two attached hydrogens (primary N) is 1. The predicted molar refractivity (Wildman–Crippen MR) is 74.1 cm³/mol. The Kier molecular flexibility index (Phi) is 4.27. The van der Waals surface area contributed by atoms with Gasteiger partial charge in [-0.05, 0) is 43.9 Å². The van der Waals surface area contributed by atoms with Crippen LogP contribution in [-0.2, 0) is 4.74 Å². The number of ether oxygens (including phenoxy) is 1. The van der Waals surface area contributed by atoms with E-state index in [4.69, 9.17) is 5.73 Å². The minimum absolute atomic E-state index is 0.169. The average Bonchev–Trinajstić information content (AvgIpc) is 2.42. The molecule has 2 rings (SSSR count). The third-order valence-corrected chi connectivity index (χ3v) is 3.53. The van der Waals surface area contributed by atoms with Gasteiger partial charge in [-0.15, -0.1) is 0 Å². The van der Waals surface area contributed by atoms with E-state index in [9.17, 15) is 9.90 Å². The zero-order chi connectivity index (χ0) is 13.8. The Bertz CT molecular complexity index is 454. The Morgan fingerprint density at radius 1 is 1.37 bits per heavy atom. The second-order valence-corrected chi connectivity index (χ2v) is 4.94. The zero-order valence-corrected chi connectivity index (χ0v) is 11.1. The summed E-state index contributed by atoms with van der Waals surface area (Å²) in [5, 5.41) is 12.8. The number of nitrogen functional groups attached to an aromatic ring is 1. The van der Waals surface area contributed by atoms with Gasteiger partial charge in [0.25, 0.3) is 0 Å². The topological polar surface area (TPSA) is 84.6 Å². The van der Waals surface area contributed by atoms with Gasteiger partial charge in [0.2, 0.25) is 0 Å². The number of nitrogens with one attached hydrogen (secondary N) is 1. The second kappa shape index (κ2) is 5.93. The van der Waals surface area contributed by atoms with Crippen molar-refractivity contribution < 1.29 is 14.6 Å². The van der Waals surface area contributed by atoms with Crippen LogP contribution in [0.1, 0.15) is 36.0 Å². The number of aliphatic hydroxyl groups is 1. The molecule has 5 heteroatoms. The molecule has 0 radical (unpaired) electrons. The molecule has 104 valence electrons. The summed E-state index contributed by atoms with van der Waals surface area (Å²) in [6.07, 6.45) is 3.33. The van der Waals surface area contributed by atoms with E-state index >= 15 is 0 Å². The Labute approximate surface area is 112 Å². The number of methoxy groups -OCH3 is 1. The minimum Gasteiger partial charge on any atom is -0.465 e. The van der Waals surface area contributed by atoms with E-state index < -0.39 is 0 Å². The van der Waals surface area contributed by atoms with Gasteiger partial charge in [0.15, 0.2) is 0 Å². The van der Waals surface area contributed by atoms with Crippen molar-refractivity contribution in [3.8, 4) is 0 Å². The molecule has 1 aromatic rings. The first-order valence-corrected chi connectivity index (χ1v) is 6.52. The molecule has 0 spiro atoms. The van der Waals surface area contributed by atoms with Gasteiger partial charge in [-0.2, -0.15) is 0 Å². The molecule has 1 saturated carbocycles. The molecule has 0 amide bonds. The van der Waals surface area contributed by atoms with Crippen LogP contribution < -0.4 is 11.1 Å². The molecule has 0 atom stereocenters. The largest absolute Gasteiger partial charge is 0.465 e. The van der Waals surface area contributed by atoms with Crippen molar-refractivity contribution in [1.82, 2.24) is 0 Å². The number of aliphatic hydroxyl groups excluding tert-OH is 1. The fraction of sp³-hybridized carbons (Fsp3) is 0.500. The van der Waals surface area contributed by atoms with Crippen LogP contribution in [0, 0.1) is 0 Å². The Morgan fingerprint density at radius 3 is 2.63 bits per heavy atom. The maximum absolute atomic E-state index is 11.4. The average molecular weight is 264 g/mol. The molecular weight excluding hydrogens is 244 g/mol. The van der Waals surface area contributed by atoms with Crippen LogP contribution in [-0.4, -0.2) is 30.3 Å². The number of benzene rings is 1. The Morgan fingerprint density at radius 2 is 2.05 bits per heavy atom. The molecule has 5 nitrogen and oxygen atoms in total. The number of anilines is 2. The Balaban J connectivity index is 2.03. The van der Waals surface area contributed by atoms with Gasteiger partial charge in [0.05, 0.1) is 30.2 Å². The second-order valence-electron chi connectivity index (χ2n) is 4.94. The lowest BCUT2D eigenvalue weighted by atomic mass is 9.93. The van der Waals surface area contributed by atoms with Crippen molar-refractivity contribution in [3.05, 3.63) is 23.8 Å². The number of rotatable bonds is 3. The summed E-state index contributed by atoms with van der Waals surface area (Å²) >= 11 is 0. The van der Waals surface area contributed by atoms with Gasteiger partial charge in [-0.3, -0.25) is 0 Å². The summed E-state index contributed by atoms with van der Waals surface area (Å²) in [5.41, 5.74) is 7.75. The molecule has 19 heavy (non-hydrogen) atoms. The maximum atomic E-state index is 11.4. The highest BCUT2D eigenvalue weighted by Gasteiger charge is 2.19. The van der Waals surface area contributed by atoms with Gasteiger partial charge in [-0.1, -0.05) is 0 Å². The predicted octanol–water partition coefficient (Wildman–Crippen LogP) is 1.77. The molecule has 0 aliphatic heterocycles. The number of hydrogen-bond acceptors (Lipinski definition) is 5. The fourth-order valence-corrected chi connectivity index (χ4v) is 2.38. The SMILES string of the molecule is COC(=O)c1ccc(N[C@H]2CC[C@@H](O)CC2)c(N)c1. The highest BCUT2D eigenvalue weighted by molar-refractivity contribution is 5.91. The smallest absolute Gasteiger partial charge is 0.337 e. The van der Waals surface area contributed by atoms with Crippen LogP contribution in [0.15, 0.2) is 18.2 Å². The maximum Gasteiger partial charge on any atom is 0.337 e. The minimum atomic E-state index is -0.390. The Hall–Kier alpha value is -1.75. The molecule has 0 unspecified atom stereocenters. The summed E-state index contributed by atoms with van der Waals surface area (Å²) in [4.78, 5) is 11.4. The lowest BCUT2D eigenvalue weighted by Crippen LogP contribution is -2.28. The van der Waals surface area contributed by atoms with Crippen molar-refractivity contribution in [3.63, 3.8) is 0 Å². The third-order valence-electron chi connectivity index (χ3n) is 3.53. The van der Waals surface area contributed by atoms with E-state index in [2.05, 4.69) is 10.1 Å². The fourth-order valence-electron chi connectivity index (χ4n) is 2.38. The molecule has 0 saturated heterocycles. The van der Waals surface area contributed by atoms with E-state index in [0.717, 1.165) is 31.4 Å². The van der Waals surface area contributed by atoms with Crippen molar-refractivity contribution >= 4 is 17.3 Å². The normalized spacial score (nSPS) is 22.8. The summed E-state index contributed by atoms with van der Waals surface area (Å²) in [5.74, 6) is -0.390. The summed E-state index contributed by atoms with van der Waals surface area (Å²) < 4.78 is 4.65. The zero-order valence-electron chi connectivity index (χ0n) is 11.1. The lowest BCUT2D eigenvalue weighted by Gasteiger charge is -2.27. The van der Waals surface area contributed by atoms with Gasteiger partial charge in [0.1, 0.15) is 0 Å². The summed E-state index contributed by atoms with van der Waals surface area (Å²) in [6.45, 7) is 0. The summed E-state index contributed by atoms with van der Waals surface area (Å²) in [7, 11) is 1.35. The first-order valence-electron chi connectivity index (χ1n) is 6.52. The van der Waals surface area contributed by atoms with Gasteiger partial charge >= 0.3 is 5.97 Å². The van der Waals surface area contributed by atoms with Gasteiger partial charge < -0.3 is 20.9 Å². The van der Waals surface area contributed by atoms with Gasteiger partial charge in [0, 0.05) is 6.04 Å². The molecular formula is C14H20N2O3. The van der Waals surface area contributed by atoms with E-state index in [0.29, 0.717) is 17.3 Å². The number of esters is 1. The molecule has 1 aliphatic carbocycles. The van der Waals surface area contributed by atoms with Crippen LogP contribution in [0.4, 0.5) is 11.4 Å². The molecule has 0 aromatic heterocycles. The first-order chi connectivity index (χ1) is 9.10. The van der Waals surface area contributed by atoms with Crippen LogP contribution in [0.25, 0.3) is 0 Å². The van der Waals surface area contributed by atoms with Gasteiger partial charge in [-0.25, -0.2) is 4.79 Å². The molecule has 1 aromatic carbocycles. The molecule has 0 heterocycles. The molecule has 1 aliphatic rings. The van der Waals surface area contributed by atoms with Crippen LogP contribution in [0.3, 0.4) is 0 Å². The van der Waals surface area contributed by atoms with Crippen molar-refractivity contribution in [2.45, 2.75) is 37.8 Å². The quantitative estimate of drug-likeness (QED) is 0.572. The van der Waals surface area contributed by atoms with E-state index in [1.54, 1.807) is 18.2 Å². The monoisotopic (exact) mass is 264 g/mol. The summed E-state index contributed by atoms with van der Waals surface area (Å²) in [6, 6.07) is 5.44.